The van der Waals surface area contributed by atoms with Crippen LogP contribution in [0.5, 0.6) is 0 Å². The van der Waals surface area contributed by atoms with Crippen LogP contribution < -0.4 is 5.32 Å². The molecule has 1 atom stereocenters. The van der Waals surface area contributed by atoms with E-state index in [0.717, 1.165) is 13.0 Å². The zero-order chi connectivity index (χ0) is 27.6. The van der Waals surface area contributed by atoms with E-state index in [9.17, 15) is 5.11 Å². The lowest BCUT2D eigenvalue weighted by Crippen LogP contribution is -2.29. The SMILES string of the molecule is CCCCCCCCCCCCCCCCCCNC(O)CCCCCCCCCCCCCCCCC. The lowest BCUT2D eigenvalue weighted by Gasteiger charge is -2.12. The molecule has 0 saturated carbocycles. The zero-order valence-corrected chi connectivity index (χ0v) is 26.9. The van der Waals surface area contributed by atoms with Crippen LogP contribution in [-0.2, 0) is 0 Å². The van der Waals surface area contributed by atoms with Crippen LogP contribution >= 0.6 is 0 Å². The minimum Gasteiger partial charge on any atom is -0.379 e. The predicted molar refractivity (Wildman–Crippen MR) is 173 cm³/mol. The third kappa shape index (κ3) is 33.9. The Bertz CT molecular complexity index is 399. The Morgan fingerprint density at radius 2 is 0.579 bits per heavy atom. The lowest BCUT2D eigenvalue weighted by molar-refractivity contribution is 0.124. The van der Waals surface area contributed by atoms with Gasteiger partial charge in [0.2, 0.25) is 0 Å². The number of hydrogen-bond donors (Lipinski definition) is 2. The quantitative estimate of drug-likeness (QED) is 0.0631. The van der Waals surface area contributed by atoms with E-state index in [2.05, 4.69) is 19.2 Å². The summed E-state index contributed by atoms with van der Waals surface area (Å²) in [5.74, 6) is 0. The fourth-order valence-corrected chi connectivity index (χ4v) is 5.75. The molecule has 0 aliphatic rings. The largest absolute Gasteiger partial charge is 0.379 e. The zero-order valence-electron chi connectivity index (χ0n) is 26.9. The van der Waals surface area contributed by atoms with Crippen LogP contribution in [-0.4, -0.2) is 17.9 Å². The summed E-state index contributed by atoms with van der Waals surface area (Å²) in [5.41, 5.74) is 0. The molecule has 0 aliphatic carbocycles. The minimum absolute atomic E-state index is 0.284. The summed E-state index contributed by atoms with van der Waals surface area (Å²) in [6.07, 6.45) is 44.3. The van der Waals surface area contributed by atoms with E-state index in [4.69, 9.17) is 0 Å². The van der Waals surface area contributed by atoms with E-state index in [1.807, 2.05) is 0 Å². The molecule has 0 fully saturated rings. The second-order valence-corrected chi connectivity index (χ2v) is 12.5. The molecule has 0 radical (unpaired) electrons. The van der Waals surface area contributed by atoms with Crippen molar-refractivity contribution in [3.8, 4) is 0 Å². The molecular weight excluding hydrogens is 462 g/mol. The van der Waals surface area contributed by atoms with Gasteiger partial charge in [0.15, 0.2) is 0 Å². The number of aliphatic hydroxyl groups excluding tert-OH is 1. The predicted octanol–water partition coefficient (Wildman–Crippen LogP) is 12.4. The Morgan fingerprint density at radius 1 is 0.342 bits per heavy atom. The highest BCUT2D eigenvalue weighted by Crippen LogP contribution is 2.15. The Morgan fingerprint density at radius 3 is 0.868 bits per heavy atom. The van der Waals surface area contributed by atoms with Gasteiger partial charge in [-0.25, -0.2) is 0 Å². The van der Waals surface area contributed by atoms with Crippen molar-refractivity contribution in [2.24, 2.45) is 0 Å². The van der Waals surface area contributed by atoms with Crippen LogP contribution in [0.3, 0.4) is 0 Å². The number of hydrogen-bond acceptors (Lipinski definition) is 2. The Labute approximate surface area is 242 Å². The summed E-state index contributed by atoms with van der Waals surface area (Å²) in [7, 11) is 0. The van der Waals surface area contributed by atoms with Crippen LogP contribution in [0.15, 0.2) is 0 Å². The van der Waals surface area contributed by atoms with E-state index in [-0.39, 0.29) is 6.23 Å². The second kappa shape index (κ2) is 34.9. The van der Waals surface area contributed by atoms with Gasteiger partial charge in [-0.2, -0.15) is 0 Å². The monoisotopic (exact) mass is 538 g/mol. The first-order valence-corrected chi connectivity index (χ1v) is 18.2. The summed E-state index contributed by atoms with van der Waals surface area (Å²) in [6, 6.07) is 0. The van der Waals surface area contributed by atoms with Crippen molar-refractivity contribution in [3.05, 3.63) is 0 Å². The first-order valence-electron chi connectivity index (χ1n) is 18.2. The van der Waals surface area contributed by atoms with Gasteiger partial charge >= 0.3 is 0 Å². The molecule has 0 aromatic heterocycles. The third-order valence-corrected chi connectivity index (χ3v) is 8.49. The van der Waals surface area contributed by atoms with Gasteiger partial charge in [-0.15, -0.1) is 0 Å². The first-order chi connectivity index (χ1) is 18.8. The summed E-state index contributed by atoms with van der Waals surface area (Å²) in [4.78, 5) is 0. The van der Waals surface area contributed by atoms with E-state index in [0.29, 0.717) is 0 Å². The minimum atomic E-state index is -0.284. The average Bonchev–Trinajstić information content (AvgIpc) is 2.92. The number of rotatable bonds is 34. The van der Waals surface area contributed by atoms with Gasteiger partial charge in [0.25, 0.3) is 0 Å². The molecule has 2 N–H and O–H groups in total. The molecule has 0 rings (SSSR count). The van der Waals surface area contributed by atoms with Gasteiger partial charge in [-0.3, -0.25) is 5.32 Å². The normalized spacial score (nSPS) is 12.4. The molecule has 0 amide bonds. The van der Waals surface area contributed by atoms with Gasteiger partial charge in [0, 0.05) is 0 Å². The van der Waals surface area contributed by atoms with Gasteiger partial charge in [-0.1, -0.05) is 200 Å². The second-order valence-electron chi connectivity index (χ2n) is 12.5. The van der Waals surface area contributed by atoms with Crippen molar-refractivity contribution in [2.45, 2.75) is 226 Å². The Hall–Kier alpha value is -0.0800. The smallest absolute Gasteiger partial charge is 0.104 e. The van der Waals surface area contributed by atoms with Gasteiger partial charge < -0.3 is 5.11 Å². The maximum Gasteiger partial charge on any atom is 0.104 e. The van der Waals surface area contributed by atoms with Gasteiger partial charge in [-0.05, 0) is 25.8 Å². The van der Waals surface area contributed by atoms with E-state index >= 15 is 0 Å². The molecular formula is C36H75NO. The molecule has 2 nitrogen and oxygen atoms in total. The Balaban J connectivity index is 3.13. The van der Waals surface area contributed by atoms with Crippen molar-refractivity contribution in [3.63, 3.8) is 0 Å². The van der Waals surface area contributed by atoms with Crippen LogP contribution in [0.1, 0.15) is 219 Å². The molecule has 0 aliphatic heterocycles. The average molecular weight is 538 g/mol. The van der Waals surface area contributed by atoms with Crippen LogP contribution in [0, 0.1) is 0 Å². The highest BCUT2D eigenvalue weighted by Gasteiger charge is 2.02. The fraction of sp³-hybridized carbons (Fsp3) is 1.00. The molecule has 2 heteroatoms. The number of unbranched alkanes of at least 4 members (excludes halogenated alkanes) is 29. The van der Waals surface area contributed by atoms with Crippen molar-refractivity contribution in [1.29, 1.82) is 0 Å². The fourth-order valence-electron chi connectivity index (χ4n) is 5.75. The summed E-state index contributed by atoms with van der Waals surface area (Å²) in [5, 5.41) is 13.5. The number of nitrogens with one attached hydrogen (secondary N) is 1. The van der Waals surface area contributed by atoms with Gasteiger partial charge in [0.05, 0.1) is 0 Å². The summed E-state index contributed by atoms with van der Waals surface area (Å²) in [6.45, 7) is 5.58. The lowest BCUT2D eigenvalue weighted by atomic mass is 10.0. The maximum absolute atomic E-state index is 10.2. The molecule has 0 saturated heterocycles. The van der Waals surface area contributed by atoms with Crippen molar-refractivity contribution in [1.82, 2.24) is 5.32 Å². The standard InChI is InChI=1S/C36H75NO/c1-3-5-7-9-11-13-15-17-19-21-23-25-27-29-31-33-35-37-36(38)34-32-30-28-26-24-22-20-18-16-14-12-10-8-6-4-2/h36-38H,3-35H2,1-2H3. The third-order valence-electron chi connectivity index (χ3n) is 8.49. The maximum atomic E-state index is 10.2. The topological polar surface area (TPSA) is 32.3 Å². The van der Waals surface area contributed by atoms with Crippen molar-refractivity contribution >= 4 is 0 Å². The van der Waals surface area contributed by atoms with E-state index < -0.39 is 0 Å². The molecule has 0 aromatic rings. The molecule has 0 spiro atoms. The summed E-state index contributed by atoms with van der Waals surface area (Å²) < 4.78 is 0. The van der Waals surface area contributed by atoms with Crippen LogP contribution in [0.2, 0.25) is 0 Å². The molecule has 0 heterocycles. The van der Waals surface area contributed by atoms with Crippen LogP contribution in [0.25, 0.3) is 0 Å². The highest BCUT2D eigenvalue weighted by atomic mass is 16.3. The van der Waals surface area contributed by atoms with E-state index in [1.165, 1.54) is 199 Å². The van der Waals surface area contributed by atoms with Crippen LogP contribution in [0.4, 0.5) is 0 Å². The van der Waals surface area contributed by atoms with Gasteiger partial charge in [0.1, 0.15) is 6.23 Å². The Kier molecular flexibility index (Phi) is 34.9. The van der Waals surface area contributed by atoms with Crippen molar-refractivity contribution in [2.75, 3.05) is 6.54 Å². The molecule has 1 unspecified atom stereocenters. The first kappa shape index (κ1) is 37.9. The molecule has 0 aromatic carbocycles. The van der Waals surface area contributed by atoms with Crippen molar-refractivity contribution < 1.29 is 5.11 Å². The highest BCUT2D eigenvalue weighted by molar-refractivity contribution is 4.57. The molecule has 0 bridgehead atoms. The summed E-state index contributed by atoms with van der Waals surface area (Å²) >= 11 is 0. The van der Waals surface area contributed by atoms with E-state index in [1.54, 1.807) is 0 Å². The molecule has 38 heavy (non-hydrogen) atoms. The number of aliphatic hydroxyl groups is 1. The molecule has 230 valence electrons.